The Morgan fingerprint density at radius 2 is 1.71 bits per heavy atom. The van der Waals surface area contributed by atoms with Crippen molar-refractivity contribution in [2.45, 2.75) is 0 Å². The Morgan fingerprint density at radius 3 is 2.24 bits per heavy atom. The van der Waals surface area contributed by atoms with Gasteiger partial charge in [0.1, 0.15) is 0 Å². The molecule has 0 aliphatic heterocycles. The molecule has 0 bridgehead atoms. The molecule has 0 atom stereocenters. The summed E-state index contributed by atoms with van der Waals surface area (Å²) in [5, 5.41) is 10.6. The third-order valence-electron chi connectivity index (χ3n) is 2.64. The number of ketones is 1. The fraction of sp³-hybridized carbons (Fsp3) is 0.0714. The van der Waals surface area contributed by atoms with E-state index in [-0.39, 0.29) is 33.9 Å². The van der Waals surface area contributed by atoms with E-state index in [2.05, 4.69) is 0 Å². The van der Waals surface area contributed by atoms with Gasteiger partial charge in [0.05, 0.1) is 15.0 Å². The lowest BCUT2D eigenvalue weighted by atomic mass is 10.1. The number of benzene rings is 2. The lowest BCUT2D eigenvalue weighted by Crippen LogP contribution is -2.11. The smallest absolute Gasteiger partial charge is 0.272 e. The number of Topliss-reactive ketones (excluding diaryl/α,β-unsaturated/α-hetero) is 1. The molecule has 0 aliphatic rings. The first-order chi connectivity index (χ1) is 9.99. The minimum atomic E-state index is -0.614. The second-order valence-corrected chi connectivity index (χ2v) is 4.89. The van der Waals surface area contributed by atoms with E-state index in [0.717, 1.165) is 12.1 Å². The first kappa shape index (κ1) is 15.3. The van der Waals surface area contributed by atoms with Gasteiger partial charge in [-0.25, -0.2) is 0 Å². The van der Waals surface area contributed by atoms with E-state index in [0.29, 0.717) is 5.56 Å². The lowest BCUT2D eigenvalue weighted by Gasteiger charge is -2.09. The summed E-state index contributed by atoms with van der Waals surface area (Å²) in [7, 11) is 0. The van der Waals surface area contributed by atoms with Crippen molar-refractivity contribution in [2.75, 3.05) is 6.61 Å². The van der Waals surface area contributed by atoms with Crippen molar-refractivity contribution in [3.05, 3.63) is 68.2 Å². The number of carbonyl (C=O) groups is 1. The fourth-order valence-electron chi connectivity index (χ4n) is 1.63. The van der Waals surface area contributed by atoms with Crippen LogP contribution in [0.5, 0.6) is 5.75 Å². The Morgan fingerprint density at radius 1 is 1.14 bits per heavy atom. The Kier molecular flexibility index (Phi) is 4.77. The highest BCUT2D eigenvalue weighted by atomic mass is 35.5. The van der Waals surface area contributed by atoms with Gasteiger partial charge in [-0.05, 0) is 0 Å². The average Bonchev–Trinajstić information content (AvgIpc) is 2.46. The predicted octanol–water partition coefficient (Wildman–Crippen LogP) is 4.16. The van der Waals surface area contributed by atoms with Gasteiger partial charge in [-0.15, -0.1) is 0 Å². The number of ether oxygens (including phenoxy) is 1. The Hall–Kier alpha value is -2.11. The second-order valence-electron chi connectivity index (χ2n) is 4.07. The van der Waals surface area contributed by atoms with E-state index in [1.807, 2.05) is 0 Å². The van der Waals surface area contributed by atoms with Crippen LogP contribution in [0.4, 0.5) is 5.69 Å². The van der Waals surface area contributed by atoms with Crippen LogP contribution in [0, 0.1) is 10.1 Å². The lowest BCUT2D eigenvalue weighted by molar-refractivity contribution is -0.384. The third kappa shape index (κ3) is 3.71. The van der Waals surface area contributed by atoms with Crippen molar-refractivity contribution in [2.24, 2.45) is 0 Å². The molecule has 0 saturated carbocycles. The van der Waals surface area contributed by atoms with Gasteiger partial charge in [-0.2, -0.15) is 0 Å². The molecule has 2 aromatic rings. The molecule has 5 nitrogen and oxygen atoms in total. The van der Waals surface area contributed by atoms with Gasteiger partial charge >= 0.3 is 0 Å². The van der Waals surface area contributed by atoms with Crippen LogP contribution in [0.3, 0.4) is 0 Å². The minimum absolute atomic E-state index is 0.0185. The van der Waals surface area contributed by atoms with Crippen molar-refractivity contribution < 1.29 is 14.5 Å². The molecule has 0 fully saturated rings. The zero-order valence-corrected chi connectivity index (χ0v) is 12.1. The van der Waals surface area contributed by atoms with E-state index >= 15 is 0 Å². The highest BCUT2D eigenvalue weighted by Crippen LogP contribution is 2.36. The Bertz CT molecular complexity index is 666. The zero-order chi connectivity index (χ0) is 15.4. The van der Waals surface area contributed by atoms with Crippen molar-refractivity contribution in [3.63, 3.8) is 0 Å². The van der Waals surface area contributed by atoms with Crippen molar-refractivity contribution in [1.29, 1.82) is 0 Å². The maximum atomic E-state index is 11.9. The summed E-state index contributed by atoms with van der Waals surface area (Å²) in [6.45, 7) is -0.263. The van der Waals surface area contributed by atoms with Gasteiger partial charge in [0.2, 0.25) is 0 Å². The largest absolute Gasteiger partial charge is 0.482 e. The number of hydrogen-bond donors (Lipinski definition) is 0. The molecule has 7 heteroatoms. The summed E-state index contributed by atoms with van der Waals surface area (Å²) in [6.07, 6.45) is 0. The molecule has 0 saturated heterocycles. The highest BCUT2D eigenvalue weighted by Gasteiger charge is 2.17. The summed E-state index contributed by atoms with van der Waals surface area (Å²) in [5.41, 5.74) is 0.249. The number of nitrogens with zero attached hydrogens (tertiary/aromatic N) is 1. The number of non-ortho nitro benzene ring substituents is 1. The van der Waals surface area contributed by atoms with E-state index in [4.69, 9.17) is 27.9 Å². The number of nitro benzene ring substituents is 1. The quantitative estimate of drug-likeness (QED) is 0.470. The van der Waals surface area contributed by atoms with Crippen LogP contribution >= 0.6 is 23.2 Å². The summed E-state index contributed by atoms with van der Waals surface area (Å²) in [4.78, 5) is 21.9. The topological polar surface area (TPSA) is 69.4 Å². The first-order valence-corrected chi connectivity index (χ1v) is 6.59. The maximum absolute atomic E-state index is 11.9. The van der Waals surface area contributed by atoms with E-state index < -0.39 is 4.92 Å². The van der Waals surface area contributed by atoms with Crippen molar-refractivity contribution in [3.8, 4) is 5.75 Å². The highest BCUT2D eigenvalue weighted by molar-refractivity contribution is 6.37. The van der Waals surface area contributed by atoms with Crippen LogP contribution in [0.15, 0.2) is 42.5 Å². The number of hydrogen-bond acceptors (Lipinski definition) is 4. The van der Waals surface area contributed by atoms with Crippen molar-refractivity contribution >= 4 is 34.7 Å². The predicted molar refractivity (Wildman–Crippen MR) is 79.4 cm³/mol. The molecule has 0 unspecified atom stereocenters. The summed E-state index contributed by atoms with van der Waals surface area (Å²) in [5.74, 6) is -0.200. The van der Waals surface area contributed by atoms with Crippen molar-refractivity contribution in [1.82, 2.24) is 0 Å². The third-order valence-corrected chi connectivity index (χ3v) is 3.20. The van der Waals surface area contributed by atoms with Crippen LogP contribution in [-0.4, -0.2) is 17.3 Å². The van der Waals surface area contributed by atoms with Crippen LogP contribution in [0.2, 0.25) is 10.0 Å². The molecule has 0 amide bonds. The average molecular weight is 326 g/mol. The van der Waals surface area contributed by atoms with Gasteiger partial charge in [0, 0.05) is 17.7 Å². The molecule has 0 radical (unpaired) electrons. The molecule has 2 rings (SSSR count). The molecule has 0 heterocycles. The van der Waals surface area contributed by atoms with Gasteiger partial charge in [0.25, 0.3) is 5.69 Å². The van der Waals surface area contributed by atoms with E-state index in [1.165, 1.54) is 0 Å². The Labute approximate surface area is 130 Å². The summed E-state index contributed by atoms with van der Waals surface area (Å²) >= 11 is 11.8. The molecular weight excluding hydrogens is 317 g/mol. The van der Waals surface area contributed by atoms with Crippen LogP contribution in [0.25, 0.3) is 0 Å². The van der Waals surface area contributed by atoms with E-state index in [9.17, 15) is 14.9 Å². The zero-order valence-electron chi connectivity index (χ0n) is 10.6. The molecule has 0 spiro atoms. The standard InChI is InChI=1S/C14H9Cl2NO4/c15-11-6-10(17(19)20)7-12(16)14(11)21-8-13(18)9-4-2-1-3-5-9/h1-7H,8H2. The molecule has 21 heavy (non-hydrogen) atoms. The number of halogens is 2. The molecule has 0 aromatic heterocycles. The first-order valence-electron chi connectivity index (χ1n) is 5.83. The van der Waals surface area contributed by atoms with Gasteiger partial charge < -0.3 is 4.74 Å². The minimum Gasteiger partial charge on any atom is -0.482 e. The molecule has 2 aromatic carbocycles. The molecule has 0 N–H and O–H groups in total. The molecular formula is C14H9Cl2NO4. The second kappa shape index (κ2) is 6.56. The van der Waals surface area contributed by atoms with E-state index in [1.54, 1.807) is 30.3 Å². The van der Waals surface area contributed by atoms with Crippen LogP contribution < -0.4 is 4.74 Å². The maximum Gasteiger partial charge on any atom is 0.272 e. The molecule has 108 valence electrons. The Balaban J connectivity index is 2.14. The molecule has 0 aliphatic carbocycles. The van der Waals surface area contributed by atoms with Gasteiger partial charge in [-0.1, -0.05) is 53.5 Å². The number of nitro groups is 1. The normalized spacial score (nSPS) is 10.2. The number of carbonyl (C=O) groups excluding carboxylic acids is 1. The summed E-state index contributed by atoms with van der Waals surface area (Å²) < 4.78 is 5.28. The van der Waals surface area contributed by atoms with Crippen LogP contribution in [-0.2, 0) is 0 Å². The SMILES string of the molecule is O=C(COc1c(Cl)cc([N+](=O)[O-])cc1Cl)c1ccccc1. The van der Waals surface area contributed by atoms with Crippen LogP contribution in [0.1, 0.15) is 10.4 Å². The fourth-order valence-corrected chi connectivity index (χ4v) is 2.22. The van der Waals surface area contributed by atoms with Gasteiger partial charge in [0.15, 0.2) is 18.1 Å². The summed E-state index contributed by atoms with van der Waals surface area (Å²) in [6, 6.07) is 10.8. The monoisotopic (exact) mass is 325 g/mol. The van der Waals surface area contributed by atoms with Gasteiger partial charge in [-0.3, -0.25) is 14.9 Å². The number of rotatable bonds is 5.